The van der Waals surface area contributed by atoms with Crippen molar-refractivity contribution in [3.05, 3.63) is 35.9 Å². The smallest absolute Gasteiger partial charge is 0.326 e. The third-order valence-electron chi connectivity index (χ3n) is 5.57. The van der Waals surface area contributed by atoms with E-state index in [1.165, 1.54) is 0 Å². The minimum Gasteiger partial charge on any atom is -0.480 e. The number of nitrogens with one attached hydrogen (secondary N) is 1. The highest BCUT2D eigenvalue weighted by Crippen LogP contribution is 2.19. The SMILES string of the molecule is CCC(C)C(NC(=O)C1CCN(C(=O)C(N)Cc2ccccc2)CC1)C(=O)O. The van der Waals surface area contributed by atoms with Crippen molar-refractivity contribution in [1.82, 2.24) is 10.2 Å². The topological polar surface area (TPSA) is 113 Å². The summed E-state index contributed by atoms with van der Waals surface area (Å²) in [6, 6.07) is 8.16. The van der Waals surface area contributed by atoms with Gasteiger partial charge in [-0.05, 0) is 30.7 Å². The van der Waals surface area contributed by atoms with Crippen LogP contribution >= 0.6 is 0 Å². The number of likely N-dealkylation sites (tertiary alicyclic amines) is 1. The molecule has 1 aliphatic heterocycles. The van der Waals surface area contributed by atoms with E-state index in [9.17, 15) is 19.5 Å². The van der Waals surface area contributed by atoms with Crippen LogP contribution in [0.25, 0.3) is 0 Å². The molecule has 2 rings (SSSR count). The van der Waals surface area contributed by atoms with Gasteiger partial charge < -0.3 is 21.1 Å². The fourth-order valence-electron chi connectivity index (χ4n) is 3.51. The number of carboxylic acids is 1. The number of carboxylic acid groups (broad SMARTS) is 1. The zero-order valence-corrected chi connectivity index (χ0v) is 16.6. The van der Waals surface area contributed by atoms with Gasteiger partial charge >= 0.3 is 5.97 Å². The van der Waals surface area contributed by atoms with Gasteiger partial charge in [0.15, 0.2) is 0 Å². The summed E-state index contributed by atoms with van der Waals surface area (Å²) in [5, 5.41) is 12.0. The molecule has 2 amide bonds. The Hall–Kier alpha value is -2.41. The summed E-state index contributed by atoms with van der Waals surface area (Å²) in [5.74, 6) is -1.78. The van der Waals surface area contributed by atoms with E-state index in [1.54, 1.807) is 4.90 Å². The maximum absolute atomic E-state index is 12.6. The third kappa shape index (κ3) is 5.79. The molecule has 0 aromatic heterocycles. The average Bonchev–Trinajstić information content (AvgIpc) is 2.71. The molecule has 7 nitrogen and oxygen atoms in total. The maximum atomic E-state index is 12.6. The average molecular weight is 389 g/mol. The number of carbonyl (C=O) groups is 3. The zero-order valence-electron chi connectivity index (χ0n) is 16.6. The van der Waals surface area contributed by atoms with Gasteiger partial charge in [0.1, 0.15) is 6.04 Å². The quantitative estimate of drug-likeness (QED) is 0.622. The lowest BCUT2D eigenvalue weighted by Gasteiger charge is -2.33. The molecule has 1 aliphatic rings. The van der Waals surface area contributed by atoms with Crippen LogP contribution in [0.4, 0.5) is 0 Å². The van der Waals surface area contributed by atoms with Crippen molar-refractivity contribution in [2.24, 2.45) is 17.6 Å². The molecular formula is C21H31N3O4. The van der Waals surface area contributed by atoms with Gasteiger partial charge in [-0.25, -0.2) is 4.79 Å². The lowest BCUT2D eigenvalue weighted by atomic mass is 9.93. The largest absolute Gasteiger partial charge is 0.480 e. The molecule has 0 bridgehead atoms. The predicted molar refractivity (Wildman–Crippen MR) is 106 cm³/mol. The summed E-state index contributed by atoms with van der Waals surface area (Å²) in [5.41, 5.74) is 7.10. The molecule has 1 aromatic carbocycles. The summed E-state index contributed by atoms with van der Waals surface area (Å²) in [7, 11) is 0. The number of rotatable bonds is 8. The van der Waals surface area contributed by atoms with Crippen molar-refractivity contribution in [3.63, 3.8) is 0 Å². The number of hydrogen-bond donors (Lipinski definition) is 3. The summed E-state index contributed by atoms with van der Waals surface area (Å²) in [4.78, 5) is 38.2. The Kier molecular flexibility index (Phi) is 7.99. The van der Waals surface area contributed by atoms with Crippen LogP contribution in [0.2, 0.25) is 0 Å². The van der Waals surface area contributed by atoms with Gasteiger partial charge in [0.05, 0.1) is 6.04 Å². The Morgan fingerprint density at radius 1 is 1.21 bits per heavy atom. The van der Waals surface area contributed by atoms with Crippen LogP contribution in [0, 0.1) is 11.8 Å². The van der Waals surface area contributed by atoms with Crippen LogP contribution in [0.5, 0.6) is 0 Å². The molecule has 0 saturated carbocycles. The summed E-state index contributed by atoms with van der Waals surface area (Å²) in [6.07, 6.45) is 2.18. The molecule has 0 aliphatic carbocycles. The fraction of sp³-hybridized carbons (Fsp3) is 0.571. The minimum absolute atomic E-state index is 0.106. The summed E-state index contributed by atoms with van der Waals surface area (Å²) >= 11 is 0. The van der Waals surface area contributed by atoms with Gasteiger partial charge in [0, 0.05) is 19.0 Å². The number of benzene rings is 1. The number of aliphatic carboxylic acids is 1. The van der Waals surface area contributed by atoms with E-state index in [1.807, 2.05) is 44.2 Å². The predicted octanol–water partition coefficient (Wildman–Crippen LogP) is 1.41. The lowest BCUT2D eigenvalue weighted by Crippen LogP contribution is -2.52. The third-order valence-corrected chi connectivity index (χ3v) is 5.57. The molecule has 0 radical (unpaired) electrons. The highest BCUT2D eigenvalue weighted by molar-refractivity contribution is 5.86. The molecule has 3 unspecified atom stereocenters. The molecule has 28 heavy (non-hydrogen) atoms. The van der Waals surface area contributed by atoms with E-state index >= 15 is 0 Å². The van der Waals surface area contributed by atoms with Gasteiger partial charge in [-0.3, -0.25) is 9.59 Å². The highest BCUT2D eigenvalue weighted by atomic mass is 16.4. The molecule has 1 aromatic rings. The number of carbonyl (C=O) groups excluding carboxylic acids is 2. The van der Waals surface area contributed by atoms with Crippen LogP contribution in [0.3, 0.4) is 0 Å². The number of nitrogens with zero attached hydrogens (tertiary/aromatic N) is 1. The fourth-order valence-corrected chi connectivity index (χ4v) is 3.51. The van der Waals surface area contributed by atoms with Crippen LogP contribution in [-0.4, -0.2) is 53.0 Å². The summed E-state index contributed by atoms with van der Waals surface area (Å²) < 4.78 is 0. The Morgan fingerprint density at radius 2 is 1.82 bits per heavy atom. The highest BCUT2D eigenvalue weighted by Gasteiger charge is 2.32. The Bertz CT molecular complexity index is 671. The van der Waals surface area contributed by atoms with Crippen LogP contribution < -0.4 is 11.1 Å². The van der Waals surface area contributed by atoms with Crippen molar-refractivity contribution >= 4 is 17.8 Å². The van der Waals surface area contributed by atoms with Crippen LogP contribution in [0.15, 0.2) is 30.3 Å². The normalized spacial score (nSPS) is 18.2. The standard InChI is InChI=1S/C21H31N3O4/c1-3-14(2)18(21(27)28)23-19(25)16-9-11-24(12-10-16)20(26)17(22)13-15-7-5-4-6-8-15/h4-8,14,16-18H,3,9-13,22H2,1-2H3,(H,23,25)(H,27,28). The van der Waals surface area contributed by atoms with E-state index in [-0.39, 0.29) is 23.7 Å². The van der Waals surface area contributed by atoms with Crippen molar-refractivity contribution in [1.29, 1.82) is 0 Å². The second kappa shape index (κ2) is 10.2. The summed E-state index contributed by atoms with van der Waals surface area (Å²) in [6.45, 7) is 4.63. The van der Waals surface area contributed by atoms with Crippen LogP contribution in [0.1, 0.15) is 38.7 Å². The molecule has 7 heteroatoms. The van der Waals surface area contributed by atoms with Crippen LogP contribution in [-0.2, 0) is 20.8 Å². The number of piperidine rings is 1. The Morgan fingerprint density at radius 3 is 2.36 bits per heavy atom. The first-order valence-corrected chi connectivity index (χ1v) is 9.95. The molecule has 3 atom stereocenters. The monoisotopic (exact) mass is 389 g/mol. The van der Waals surface area contributed by atoms with Gasteiger partial charge in [0.25, 0.3) is 0 Å². The first kappa shape index (κ1) is 21.9. The lowest BCUT2D eigenvalue weighted by molar-refractivity contribution is -0.144. The molecule has 1 saturated heterocycles. The molecular weight excluding hydrogens is 358 g/mol. The van der Waals surface area contributed by atoms with E-state index in [2.05, 4.69) is 5.32 Å². The van der Waals surface area contributed by atoms with Gasteiger partial charge in [0.2, 0.25) is 11.8 Å². The van der Waals surface area contributed by atoms with Gasteiger partial charge in [-0.15, -0.1) is 0 Å². The van der Waals surface area contributed by atoms with Crippen molar-refractivity contribution in [3.8, 4) is 0 Å². The molecule has 1 fully saturated rings. The molecule has 154 valence electrons. The van der Waals surface area contributed by atoms with E-state index in [4.69, 9.17) is 5.73 Å². The first-order chi connectivity index (χ1) is 13.3. The van der Waals surface area contributed by atoms with Gasteiger partial charge in [-0.2, -0.15) is 0 Å². The number of nitrogens with two attached hydrogens (primary N) is 1. The zero-order chi connectivity index (χ0) is 20.7. The maximum Gasteiger partial charge on any atom is 0.326 e. The first-order valence-electron chi connectivity index (χ1n) is 9.95. The Balaban J connectivity index is 1.85. The van der Waals surface area contributed by atoms with E-state index < -0.39 is 18.1 Å². The molecule has 0 spiro atoms. The Labute approximate surface area is 166 Å². The van der Waals surface area contributed by atoms with Gasteiger partial charge in [-0.1, -0.05) is 50.6 Å². The van der Waals surface area contributed by atoms with Crippen molar-refractivity contribution in [2.75, 3.05) is 13.1 Å². The van der Waals surface area contributed by atoms with E-state index in [0.29, 0.717) is 38.8 Å². The minimum atomic E-state index is -1.01. The molecule has 1 heterocycles. The molecule has 4 N–H and O–H groups in total. The second-order valence-corrected chi connectivity index (χ2v) is 7.61. The second-order valence-electron chi connectivity index (χ2n) is 7.61. The van der Waals surface area contributed by atoms with Crippen molar-refractivity contribution < 1.29 is 19.5 Å². The number of amides is 2. The van der Waals surface area contributed by atoms with E-state index in [0.717, 1.165) is 5.56 Å². The van der Waals surface area contributed by atoms with Crippen molar-refractivity contribution in [2.45, 2.75) is 51.6 Å². The number of hydrogen-bond acceptors (Lipinski definition) is 4.